The van der Waals surface area contributed by atoms with Crippen molar-refractivity contribution in [2.24, 2.45) is 46.8 Å². The van der Waals surface area contributed by atoms with E-state index in [2.05, 4.69) is 0 Å². The Kier molecular flexibility index (Phi) is 15.0. The van der Waals surface area contributed by atoms with Gasteiger partial charge in [-0.25, -0.2) is 4.79 Å². The number of rotatable bonds is 20. The highest BCUT2D eigenvalue weighted by atomic mass is 16.4. The van der Waals surface area contributed by atoms with Crippen molar-refractivity contribution in [2.45, 2.75) is 126 Å². The monoisotopic (exact) mass is 528 g/mol. The molecule has 0 rings (SSSR count). The predicted molar refractivity (Wildman–Crippen MR) is 147 cm³/mol. The highest BCUT2D eigenvalue weighted by Gasteiger charge is 2.67. The van der Waals surface area contributed by atoms with Crippen molar-refractivity contribution in [3.8, 4) is 0 Å². The number of hydrogen-bond acceptors (Lipinski definition) is 4. The molecule has 8 unspecified atom stereocenters. The lowest BCUT2D eigenvalue weighted by molar-refractivity contribution is -0.212. The summed E-state index contributed by atoms with van der Waals surface area (Å²) in [4.78, 5) is 39.2. The molecule has 37 heavy (non-hydrogen) atoms. The third kappa shape index (κ3) is 7.93. The SMILES string of the molecule is CCC(C)C(CC)CC(C(=O)O)C(O)(C(=O)O)C(CC(CC)C(C)CC)(CC(CC)C(C)CC)C(=O)O. The molecule has 0 aliphatic heterocycles. The molecule has 0 amide bonds. The van der Waals surface area contributed by atoms with Crippen molar-refractivity contribution in [3.63, 3.8) is 0 Å². The number of carboxylic acids is 3. The van der Waals surface area contributed by atoms with Gasteiger partial charge in [-0.2, -0.15) is 0 Å². The molecule has 0 fully saturated rings. The zero-order chi connectivity index (χ0) is 29.1. The van der Waals surface area contributed by atoms with Crippen LogP contribution in [0.3, 0.4) is 0 Å². The first kappa shape index (κ1) is 35.4. The van der Waals surface area contributed by atoms with E-state index in [1.807, 2.05) is 62.3 Å². The lowest BCUT2D eigenvalue weighted by Gasteiger charge is -2.49. The molecule has 0 saturated carbocycles. The molecule has 0 aromatic heterocycles. The summed E-state index contributed by atoms with van der Waals surface area (Å²) in [5, 5.41) is 44.1. The van der Waals surface area contributed by atoms with Gasteiger partial charge in [-0.05, 0) is 54.8 Å². The largest absolute Gasteiger partial charge is 0.481 e. The molecule has 0 bridgehead atoms. The quantitative estimate of drug-likeness (QED) is 0.134. The van der Waals surface area contributed by atoms with E-state index in [0.717, 1.165) is 19.3 Å². The number of carboxylic acid groups (broad SMARTS) is 3. The van der Waals surface area contributed by atoms with Crippen LogP contribution in [0.1, 0.15) is 120 Å². The van der Waals surface area contributed by atoms with Crippen molar-refractivity contribution in [3.05, 3.63) is 0 Å². The molecule has 218 valence electrons. The van der Waals surface area contributed by atoms with Gasteiger partial charge in [0.05, 0.1) is 5.92 Å². The fourth-order valence-corrected chi connectivity index (χ4v) is 6.36. The maximum absolute atomic E-state index is 13.4. The summed E-state index contributed by atoms with van der Waals surface area (Å²) >= 11 is 0. The van der Waals surface area contributed by atoms with Crippen LogP contribution in [0.15, 0.2) is 0 Å². The minimum atomic E-state index is -2.96. The van der Waals surface area contributed by atoms with Crippen LogP contribution < -0.4 is 0 Å². The van der Waals surface area contributed by atoms with Gasteiger partial charge in [0.2, 0.25) is 0 Å². The predicted octanol–water partition coefficient (Wildman–Crippen LogP) is 6.96. The highest BCUT2D eigenvalue weighted by molar-refractivity contribution is 5.93. The summed E-state index contributed by atoms with van der Waals surface area (Å²) in [7, 11) is 0. The topological polar surface area (TPSA) is 132 Å². The van der Waals surface area contributed by atoms with Crippen molar-refractivity contribution in [1.29, 1.82) is 0 Å². The molecule has 8 atom stereocenters. The van der Waals surface area contributed by atoms with Gasteiger partial charge >= 0.3 is 17.9 Å². The Labute approximate surface area is 225 Å². The van der Waals surface area contributed by atoms with Crippen LogP contribution in [0.2, 0.25) is 0 Å². The molecule has 0 aliphatic rings. The van der Waals surface area contributed by atoms with Crippen LogP contribution >= 0.6 is 0 Å². The van der Waals surface area contributed by atoms with Crippen molar-refractivity contribution >= 4 is 17.9 Å². The zero-order valence-electron chi connectivity index (χ0n) is 24.9. The van der Waals surface area contributed by atoms with Gasteiger partial charge in [0.1, 0.15) is 5.41 Å². The summed E-state index contributed by atoms with van der Waals surface area (Å²) in [5.74, 6) is -6.57. The van der Waals surface area contributed by atoms with Crippen LogP contribution in [-0.4, -0.2) is 43.9 Å². The second kappa shape index (κ2) is 15.7. The summed E-state index contributed by atoms with van der Waals surface area (Å²) in [6.07, 6.45) is 3.93. The Hall–Kier alpha value is -1.63. The van der Waals surface area contributed by atoms with Crippen LogP contribution in [0.4, 0.5) is 0 Å². The van der Waals surface area contributed by atoms with Crippen LogP contribution in [0, 0.1) is 46.8 Å². The van der Waals surface area contributed by atoms with Crippen molar-refractivity contribution in [1.82, 2.24) is 0 Å². The van der Waals surface area contributed by atoms with Gasteiger partial charge in [0.25, 0.3) is 0 Å². The second-order valence-electron chi connectivity index (χ2n) is 11.7. The van der Waals surface area contributed by atoms with Gasteiger partial charge in [0, 0.05) is 0 Å². The molecular formula is C30H56O7. The Morgan fingerprint density at radius 3 is 1.19 bits per heavy atom. The maximum Gasteiger partial charge on any atom is 0.337 e. The fraction of sp³-hybridized carbons (Fsp3) is 0.900. The average Bonchev–Trinajstić information content (AvgIpc) is 2.87. The van der Waals surface area contributed by atoms with Gasteiger partial charge in [-0.3, -0.25) is 9.59 Å². The Morgan fingerprint density at radius 1 is 0.595 bits per heavy atom. The summed E-state index contributed by atoms with van der Waals surface area (Å²) in [6.45, 7) is 17.8. The summed E-state index contributed by atoms with van der Waals surface area (Å²) in [6, 6.07) is 0. The first-order chi connectivity index (χ1) is 17.2. The molecule has 0 spiro atoms. The van der Waals surface area contributed by atoms with Gasteiger partial charge in [-0.1, -0.05) is 101 Å². The molecule has 0 aromatic rings. The lowest BCUT2D eigenvalue weighted by Crippen LogP contribution is -2.65. The molecule has 0 aromatic carbocycles. The molecule has 0 heterocycles. The van der Waals surface area contributed by atoms with Crippen molar-refractivity contribution in [2.75, 3.05) is 0 Å². The molecule has 0 radical (unpaired) electrons. The fourth-order valence-electron chi connectivity index (χ4n) is 6.36. The third-order valence-electron chi connectivity index (χ3n) is 9.95. The Bertz CT molecular complexity index is 701. The van der Waals surface area contributed by atoms with E-state index in [-0.39, 0.29) is 54.8 Å². The van der Waals surface area contributed by atoms with Gasteiger partial charge < -0.3 is 20.4 Å². The highest BCUT2D eigenvalue weighted by Crippen LogP contribution is 2.52. The Morgan fingerprint density at radius 2 is 0.946 bits per heavy atom. The third-order valence-corrected chi connectivity index (χ3v) is 9.95. The van der Waals surface area contributed by atoms with Crippen LogP contribution in [0.25, 0.3) is 0 Å². The van der Waals surface area contributed by atoms with Gasteiger partial charge in [0.15, 0.2) is 5.60 Å². The number of carbonyl (C=O) groups is 3. The smallest absolute Gasteiger partial charge is 0.337 e. The first-order valence-corrected chi connectivity index (χ1v) is 14.6. The second-order valence-corrected chi connectivity index (χ2v) is 11.7. The van der Waals surface area contributed by atoms with E-state index < -0.39 is 34.8 Å². The molecule has 4 N–H and O–H groups in total. The lowest BCUT2D eigenvalue weighted by atomic mass is 9.55. The molecule has 0 aliphatic carbocycles. The van der Waals surface area contributed by atoms with Crippen LogP contribution in [-0.2, 0) is 14.4 Å². The summed E-state index contributed by atoms with van der Waals surface area (Å²) < 4.78 is 0. The van der Waals surface area contributed by atoms with Gasteiger partial charge in [-0.15, -0.1) is 0 Å². The maximum atomic E-state index is 13.4. The Balaban J connectivity index is 7.41. The number of aliphatic hydroxyl groups is 1. The van der Waals surface area contributed by atoms with E-state index in [9.17, 15) is 34.8 Å². The van der Waals surface area contributed by atoms with Crippen LogP contribution in [0.5, 0.6) is 0 Å². The van der Waals surface area contributed by atoms with E-state index in [1.165, 1.54) is 0 Å². The zero-order valence-corrected chi connectivity index (χ0v) is 24.9. The molecule has 7 heteroatoms. The first-order valence-electron chi connectivity index (χ1n) is 14.6. The van der Waals surface area contributed by atoms with E-state index in [1.54, 1.807) is 0 Å². The molecule has 7 nitrogen and oxygen atoms in total. The molecular weight excluding hydrogens is 472 g/mol. The van der Waals surface area contributed by atoms with E-state index >= 15 is 0 Å². The minimum Gasteiger partial charge on any atom is -0.481 e. The molecule has 0 saturated heterocycles. The number of hydrogen-bond donors (Lipinski definition) is 4. The standard InChI is InChI=1S/C30H56O7/c1-10-19(7)22(13-4)16-25(26(31)32)30(37,28(35)36)29(27(33)34,17-23(14-5)20(8)11-2)18-24(15-6)21(9)12-3/h19-25,37H,10-18H2,1-9H3,(H,31,32)(H,33,34)(H,35,36). The minimum absolute atomic E-state index is 0.0759. The van der Waals surface area contributed by atoms with E-state index in [4.69, 9.17) is 0 Å². The summed E-state index contributed by atoms with van der Waals surface area (Å²) in [5.41, 5.74) is -5.11. The van der Waals surface area contributed by atoms with Crippen molar-refractivity contribution < 1.29 is 34.8 Å². The average molecular weight is 529 g/mol. The van der Waals surface area contributed by atoms with E-state index in [0.29, 0.717) is 19.3 Å². The number of aliphatic carboxylic acids is 3. The normalized spacial score (nSPS) is 20.9.